The molecule has 0 spiro atoms. The summed E-state index contributed by atoms with van der Waals surface area (Å²) >= 11 is 0. The molecule has 2 N–H and O–H groups in total. The molecule has 6 heteroatoms. The van der Waals surface area contributed by atoms with Gasteiger partial charge in [-0.1, -0.05) is 6.42 Å². The molecule has 0 unspecified atom stereocenters. The maximum atomic E-state index is 11.2. The fourth-order valence-electron chi connectivity index (χ4n) is 1.23. The average molecular weight is 227 g/mol. The van der Waals surface area contributed by atoms with Crippen LogP contribution in [0.4, 0.5) is 0 Å². The maximum absolute atomic E-state index is 11.2. The van der Waals surface area contributed by atoms with Crippen molar-refractivity contribution in [2.24, 2.45) is 5.73 Å². The number of ether oxygens (including phenoxy) is 1. The summed E-state index contributed by atoms with van der Waals surface area (Å²) in [7, 11) is 0. The number of carbonyl (C=O) groups is 1. The van der Waals surface area contributed by atoms with E-state index in [1.54, 1.807) is 6.92 Å². The molecule has 6 nitrogen and oxygen atoms in total. The number of aromatic nitrogens is 2. The summed E-state index contributed by atoms with van der Waals surface area (Å²) in [6, 6.07) is 0. The fourth-order valence-corrected chi connectivity index (χ4v) is 1.23. The predicted octanol–water partition coefficient (Wildman–Crippen LogP) is 0.918. The Balaban J connectivity index is 2.36. The van der Waals surface area contributed by atoms with Crippen LogP contribution in [0.3, 0.4) is 0 Å². The van der Waals surface area contributed by atoms with Gasteiger partial charge in [0.15, 0.2) is 0 Å². The fraction of sp³-hybridized carbons (Fsp3) is 0.700. The molecule has 0 saturated heterocycles. The minimum atomic E-state index is -0.542. The topological polar surface area (TPSA) is 91.2 Å². The number of hydrogen-bond acceptors (Lipinski definition) is 6. The van der Waals surface area contributed by atoms with Crippen LogP contribution in [0.25, 0.3) is 0 Å². The van der Waals surface area contributed by atoms with Gasteiger partial charge in [0.05, 0.1) is 6.61 Å². The van der Waals surface area contributed by atoms with E-state index in [1.807, 2.05) is 0 Å². The molecule has 1 rings (SSSR count). The van der Waals surface area contributed by atoms with E-state index >= 15 is 0 Å². The normalized spacial score (nSPS) is 10.4. The average Bonchev–Trinajstić information content (AvgIpc) is 2.73. The lowest BCUT2D eigenvalue weighted by molar-refractivity contribution is 0.0508. The highest BCUT2D eigenvalue weighted by Gasteiger charge is 2.14. The number of unbranched alkanes of at least 4 members (excludes halogenated alkanes) is 2. The zero-order chi connectivity index (χ0) is 11.8. The first-order valence-corrected chi connectivity index (χ1v) is 5.47. The molecule has 0 atom stereocenters. The number of hydrogen-bond donors (Lipinski definition) is 1. The minimum Gasteiger partial charge on any atom is -0.460 e. The highest BCUT2D eigenvalue weighted by molar-refractivity contribution is 5.84. The highest BCUT2D eigenvalue weighted by atomic mass is 16.5. The van der Waals surface area contributed by atoms with E-state index in [9.17, 15) is 4.79 Å². The van der Waals surface area contributed by atoms with Crippen molar-refractivity contribution in [3.05, 3.63) is 11.7 Å². The Labute approximate surface area is 94.2 Å². The first kappa shape index (κ1) is 12.6. The van der Waals surface area contributed by atoms with E-state index < -0.39 is 5.97 Å². The Hall–Kier alpha value is -1.43. The third-order valence-electron chi connectivity index (χ3n) is 2.02. The number of nitrogens with zero attached hydrogens (tertiary/aromatic N) is 2. The molecule has 0 aliphatic heterocycles. The molecule has 0 bridgehead atoms. The van der Waals surface area contributed by atoms with Gasteiger partial charge in [0.1, 0.15) is 0 Å². The van der Waals surface area contributed by atoms with Crippen LogP contribution >= 0.6 is 0 Å². The van der Waals surface area contributed by atoms with Crippen molar-refractivity contribution in [3.8, 4) is 0 Å². The van der Waals surface area contributed by atoms with Gasteiger partial charge in [-0.2, -0.15) is 4.98 Å². The van der Waals surface area contributed by atoms with Crippen LogP contribution in [0.2, 0.25) is 0 Å². The molecule has 1 heterocycles. The zero-order valence-electron chi connectivity index (χ0n) is 9.44. The molecule has 1 aromatic heterocycles. The standard InChI is InChI=1S/C10H17N3O3/c1-2-15-10(14)9-12-8(16-13-9)6-4-3-5-7-11/h2-7,11H2,1H3. The molecule has 0 aliphatic carbocycles. The molecular weight excluding hydrogens is 210 g/mol. The van der Waals surface area contributed by atoms with Crippen molar-refractivity contribution in [1.82, 2.24) is 10.1 Å². The number of esters is 1. The number of carbonyl (C=O) groups excluding carboxylic acids is 1. The zero-order valence-corrected chi connectivity index (χ0v) is 9.44. The summed E-state index contributed by atoms with van der Waals surface area (Å²) in [5, 5.41) is 3.55. The van der Waals surface area contributed by atoms with Crippen molar-refractivity contribution in [2.75, 3.05) is 13.2 Å². The van der Waals surface area contributed by atoms with Gasteiger partial charge < -0.3 is 15.0 Å². The SMILES string of the molecule is CCOC(=O)c1noc(CCCCCN)n1. The monoisotopic (exact) mass is 227 g/mol. The Kier molecular flexibility index (Phi) is 5.49. The lowest BCUT2D eigenvalue weighted by Gasteiger charge is -1.94. The Morgan fingerprint density at radius 3 is 2.94 bits per heavy atom. The van der Waals surface area contributed by atoms with Crippen LogP contribution < -0.4 is 5.73 Å². The summed E-state index contributed by atoms with van der Waals surface area (Å²) in [6.45, 7) is 2.73. The van der Waals surface area contributed by atoms with E-state index in [0.29, 0.717) is 25.5 Å². The number of rotatable bonds is 7. The van der Waals surface area contributed by atoms with Crippen molar-refractivity contribution in [3.63, 3.8) is 0 Å². The third-order valence-corrected chi connectivity index (χ3v) is 2.02. The second kappa shape index (κ2) is 6.95. The van der Waals surface area contributed by atoms with E-state index in [1.165, 1.54) is 0 Å². The molecule has 0 saturated carbocycles. The first-order valence-electron chi connectivity index (χ1n) is 5.47. The van der Waals surface area contributed by atoms with Crippen LogP contribution in [0.15, 0.2) is 4.52 Å². The van der Waals surface area contributed by atoms with Gasteiger partial charge in [0, 0.05) is 6.42 Å². The Morgan fingerprint density at radius 2 is 2.25 bits per heavy atom. The summed E-state index contributed by atoms with van der Waals surface area (Å²) in [5.41, 5.74) is 5.37. The Morgan fingerprint density at radius 1 is 1.44 bits per heavy atom. The van der Waals surface area contributed by atoms with E-state index in [2.05, 4.69) is 10.1 Å². The third kappa shape index (κ3) is 3.98. The van der Waals surface area contributed by atoms with E-state index in [0.717, 1.165) is 19.3 Å². The largest absolute Gasteiger partial charge is 0.460 e. The van der Waals surface area contributed by atoms with Crippen LogP contribution in [-0.2, 0) is 11.2 Å². The van der Waals surface area contributed by atoms with E-state index in [-0.39, 0.29) is 5.82 Å². The molecule has 0 amide bonds. The van der Waals surface area contributed by atoms with Crippen molar-refractivity contribution < 1.29 is 14.1 Å². The molecule has 90 valence electrons. The molecule has 16 heavy (non-hydrogen) atoms. The van der Waals surface area contributed by atoms with Crippen LogP contribution in [-0.4, -0.2) is 29.3 Å². The van der Waals surface area contributed by atoms with Crippen molar-refractivity contribution >= 4 is 5.97 Å². The van der Waals surface area contributed by atoms with Gasteiger partial charge in [0.2, 0.25) is 5.89 Å². The lowest BCUT2D eigenvalue weighted by Crippen LogP contribution is -2.06. The lowest BCUT2D eigenvalue weighted by atomic mass is 10.2. The van der Waals surface area contributed by atoms with Crippen LogP contribution in [0, 0.1) is 0 Å². The molecule has 0 aliphatic rings. The predicted molar refractivity (Wildman–Crippen MR) is 56.9 cm³/mol. The minimum absolute atomic E-state index is 0.00400. The van der Waals surface area contributed by atoms with Gasteiger partial charge in [-0.3, -0.25) is 0 Å². The second-order valence-corrected chi connectivity index (χ2v) is 3.33. The number of nitrogens with two attached hydrogens (primary N) is 1. The number of aryl methyl sites for hydroxylation is 1. The quantitative estimate of drug-likeness (QED) is 0.550. The molecule has 0 fully saturated rings. The summed E-state index contributed by atoms with van der Waals surface area (Å²) < 4.78 is 9.66. The maximum Gasteiger partial charge on any atom is 0.379 e. The van der Waals surface area contributed by atoms with E-state index in [4.69, 9.17) is 15.0 Å². The van der Waals surface area contributed by atoms with Gasteiger partial charge in [-0.05, 0) is 31.5 Å². The van der Waals surface area contributed by atoms with Gasteiger partial charge in [-0.15, -0.1) is 0 Å². The molecule has 0 aromatic carbocycles. The van der Waals surface area contributed by atoms with Gasteiger partial charge in [-0.25, -0.2) is 4.79 Å². The summed E-state index contributed by atoms with van der Waals surface area (Å²) in [5.74, 6) is -0.0739. The second-order valence-electron chi connectivity index (χ2n) is 3.33. The summed E-state index contributed by atoms with van der Waals surface area (Å²) in [4.78, 5) is 15.2. The summed E-state index contributed by atoms with van der Waals surface area (Å²) in [6.07, 6.45) is 3.61. The molecule has 0 radical (unpaired) electrons. The first-order chi connectivity index (χ1) is 7.77. The van der Waals surface area contributed by atoms with Crippen LogP contribution in [0.5, 0.6) is 0 Å². The Bertz CT molecular complexity index is 325. The smallest absolute Gasteiger partial charge is 0.379 e. The van der Waals surface area contributed by atoms with Gasteiger partial charge in [0.25, 0.3) is 5.82 Å². The highest BCUT2D eigenvalue weighted by Crippen LogP contribution is 2.05. The molecule has 1 aromatic rings. The van der Waals surface area contributed by atoms with Gasteiger partial charge >= 0.3 is 5.97 Å². The van der Waals surface area contributed by atoms with Crippen LogP contribution in [0.1, 0.15) is 42.7 Å². The molecular formula is C10H17N3O3. The van der Waals surface area contributed by atoms with Crippen molar-refractivity contribution in [1.29, 1.82) is 0 Å². The van der Waals surface area contributed by atoms with Crippen molar-refractivity contribution in [2.45, 2.75) is 32.6 Å².